The van der Waals surface area contributed by atoms with E-state index in [9.17, 15) is 9.59 Å². The Kier molecular flexibility index (Phi) is 5.63. The Morgan fingerprint density at radius 1 is 1.32 bits per heavy atom. The molecule has 2 rings (SSSR count). The first-order valence-corrected chi connectivity index (χ1v) is 8.02. The fraction of sp³-hybridized carbons (Fsp3) is 0.353. The number of carboxylic acid groups (broad SMARTS) is 1. The van der Waals surface area contributed by atoms with Crippen molar-refractivity contribution in [1.29, 1.82) is 0 Å². The summed E-state index contributed by atoms with van der Waals surface area (Å²) in [6, 6.07) is 4.64. The van der Waals surface area contributed by atoms with E-state index in [0.717, 1.165) is 5.56 Å². The van der Waals surface area contributed by atoms with Crippen LogP contribution in [0.15, 0.2) is 29.5 Å². The summed E-state index contributed by atoms with van der Waals surface area (Å²) in [6.07, 6.45) is -1.01. The van der Waals surface area contributed by atoms with E-state index in [1.54, 1.807) is 25.1 Å². The maximum absolute atomic E-state index is 12.0. The number of rotatable bonds is 6. The van der Waals surface area contributed by atoms with Gasteiger partial charge in [-0.1, -0.05) is 6.07 Å². The monoisotopic (exact) mass is 364 g/mol. The summed E-state index contributed by atoms with van der Waals surface area (Å²) < 4.78 is 10.7. The topological polar surface area (TPSA) is 96.9 Å². The molecule has 1 aliphatic rings. The first kappa shape index (κ1) is 18.7. The van der Waals surface area contributed by atoms with E-state index in [4.69, 9.17) is 26.8 Å². The highest BCUT2D eigenvalue weighted by molar-refractivity contribution is 7.80. The summed E-state index contributed by atoms with van der Waals surface area (Å²) in [4.78, 5) is 23.0. The maximum atomic E-state index is 12.0. The quantitative estimate of drug-likeness (QED) is 0.659. The van der Waals surface area contributed by atoms with Crippen LogP contribution in [0.4, 0.5) is 0 Å². The second kappa shape index (κ2) is 7.52. The Balaban J connectivity index is 2.42. The second-order valence-electron chi connectivity index (χ2n) is 5.63. The summed E-state index contributed by atoms with van der Waals surface area (Å²) in [7, 11) is 1.46. The fourth-order valence-corrected chi connectivity index (χ4v) is 2.88. The molecular formula is C17H20N2O5S. The van der Waals surface area contributed by atoms with Crippen LogP contribution in [0.1, 0.15) is 32.4 Å². The van der Waals surface area contributed by atoms with Crippen LogP contribution in [0.2, 0.25) is 0 Å². The van der Waals surface area contributed by atoms with Crippen molar-refractivity contribution in [3.05, 3.63) is 35.0 Å². The zero-order chi connectivity index (χ0) is 18.7. The van der Waals surface area contributed by atoms with Crippen LogP contribution in [0.5, 0.6) is 11.5 Å². The van der Waals surface area contributed by atoms with Crippen LogP contribution >= 0.6 is 12.2 Å². The predicted octanol–water partition coefficient (Wildman–Crippen LogP) is 1.93. The van der Waals surface area contributed by atoms with E-state index in [-0.39, 0.29) is 5.78 Å². The number of carboxylic acids is 1. The lowest BCUT2D eigenvalue weighted by molar-refractivity contribution is -0.144. The Bertz CT molecular complexity index is 759. The number of carbonyl (C=O) groups excluding carboxylic acids is 1. The molecule has 0 radical (unpaired) electrons. The van der Waals surface area contributed by atoms with Gasteiger partial charge in [0.15, 0.2) is 28.5 Å². The van der Waals surface area contributed by atoms with Crippen molar-refractivity contribution in [3.63, 3.8) is 0 Å². The highest BCUT2D eigenvalue weighted by atomic mass is 32.1. The Labute approximate surface area is 151 Å². The average Bonchev–Trinajstić information content (AvgIpc) is 2.53. The minimum atomic E-state index is -1.08. The first-order chi connectivity index (χ1) is 11.7. The van der Waals surface area contributed by atoms with Gasteiger partial charge in [0, 0.05) is 11.3 Å². The van der Waals surface area contributed by atoms with Gasteiger partial charge < -0.3 is 25.2 Å². The molecule has 0 amide bonds. The number of ether oxygens (including phenoxy) is 2. The number of allylic oxidation sites excluding steroid dienone is 1. The minimum absolute atomic E-state index is 0.0798. The molecule has 1 heterocycles. The van der Waals surface area contributed by atoms with Crippen molar-refractivity contribution >= 4 is 29.1 Å². The molecule has 1 aromatic carbocycles. The molecule has 1 aliphatic heterocycles. The van der Waals surface area contributed by atoms with Gasteiger partial charge in [0.2, 0.25) is 0 Å². The molecular weight excluding hydrogens is 344 g/mol. The van der Waals surface area contributed by atoms with Crippen molar-refractivity contribution in [2.75, 3.05) is 7.11 Å². The Hall–Kier alpha value is -2.61. The zero-order valence-corrected chi connectivity index (χ0v) is 15.2. The van der Waals surface area contributed by atoms with Crippen molar-refractivity contribution < 1.29 is 24.2 Å². The van der Waals surface area contributed by atoms with Gasteiger partial charge in [0.25, 0.3) is 0 Å². The van der Waals surface area contributed by atoms with Gasteiger partial charge in [-0.2, -0.15) is 0 Å². The lowest BCUT2D eigenvalue weighted by atomic mass is 9.93. The third-order valence-electron chi connectivity index (χ3n) is 3.82. The summed E-state index contributed by atoms with van der Waals surface area (Å²) >= 11 is 5.18. The van der Waals surface area contributed by atoms with Crippen LogP contribution < -0.4 is 20.1 Å². The molecule has 0 bridgehead atoms. The number of ketones is 1. The van der Waals surface area contributed by atoms with Gasteiger partial charge in [-0.3, -0.25) is 4.79 Å². The van der Waals surface area contributed by atoms with Gasteiger partial charge in [0.1, 0.15) is 0 Å². The predicted molar refractivity (Wildman–Crippen MR) is 95.7 cm³/mol. The molecule has 3 N–H and O–H groups in total. The van der Waals surface area contributed by atoms with E-state index in [1.807, 2.05) is 0 Å². The number of hydrogen-bond donors (Lipinski definition) is 3. The Morgan fingerprint density at radius 3 is 2.56 bits per heavy atom. The smallest absolute Gasteiger partial charge is 0.344 e. The highest BCUT2D eigenvalue weighted by Gasteiger charge is 2.28. The molecule has 2 unspecified atom stereocenters. The average molecular weight is 364 g/mol. The van der Waals surface area contributed by atoms with E-state index in [2.05, 4.69) is 10.6 Å². The first-order valence-electron chi connectivity index (χ1n) is 7.61. The largest absolute Gasteiger partial charge is 0.493 e. The van der Waals surface area contributed by atoms with Crippen molar-refractivity contribution in [3.8, 4) is 11.5 Å². The molecule has 134 valence electrons. The van der Waals surface area contributed by atoms with Crippen molar-refractivity contribution in [2.24, 2.45) is 0 Å². The van der Waals surface area contributed by atoms with E-state index >= 15 is 0 Å². The van der Waals surface area contributed by atoms with E-state index in [1.165, 1.54) is 21.0 Å². The molecule has 8 heteroatoms. The molecule has 1 aromatic rings. The summed E-state index contributed by atoms with van der Waals surface area (Å²) in [5.74, 6) is -0.474. The van der Waals surface area contributed by atoms with Crippen molar-refractivity contribution in [1.82, 2.24) is 10.6 Å². The van der Waals surface area contributed by atoms with Gasteiger partial charge in [-0.05, 0) is 50.7 Å². The van der Waals surface area contributed by atoms with Gasteiger partial charge in [-0.25, -0.2) is 4.79 Å². The normalized spacial score (nSPS) is 18.1. The SMILES string of the molecule is COc1cc(C2NC(=S)NC(C)=C2C(C)=O)ccc1OC(C)C(=O)O. The van der Waals surface area contributed by atoms with Gasteiger partial charge >= 0.3 is 5.97 Å². The maximum Gasteiger partial charge on any atom is 0.344 e. The van der Waals surface area contributed by atoms with Gasteiger partial charge in [-0.15, -0.1) is 0 Å². The minimum Gasteiger partial charge on any atom is -0.493 e. The summed E-state index contributed by atoms with van der Waals surface area (Å²) in [6.45, 7) is 4.72. The standard InChI is InChI=1S/C17H20N2O5S/c1-8-14(9(2)20)15(19-17(25)18-8)11-5-6-12(13(7-11)23-4)24-10(3)16(21)22/h5-7,10,15H,1-4H3,(H,21,22)(H2,18,19,25). The second-order valence-corrected chi connectivity index (χ2v) is 6.04. The van der Waals surface area contributed by atoms with Crippen LogP contribution in [0.25, 0.3) is 0 Å². The van der Waals surface area contributed by atoms with Crippen LogP contribution in [0, 0.1) is 0 Å². The third-order valence-corrected chi connectivity index (χ3v) is 4.04. The zero-order valence-electron chi connectivity index (χ0n) is 14.4. The fourth-order valence-electron chi connectivity index (χ4n) is 2.61. The molecule has 0 aromatic heterocycles. The lowest BCUT2D eigenvalue weighted by Crippen LogP contribution is -2.44. The number of aliphatic carboxylic acids is 1. The molecule has 0 fully saturated rings. The molecule has 0 saturated heterocycles. The lowest BCUT2D eigenvalue weighted by Gasteiger charge is -2.30. The van der Waals surface area contributed by atoms with Gasteiger partial charge in [0.05, 0.1) is 13.2 Å². The molecule has 0 saturated carbocycles. The molecule has 0 spiro atoms. The van der Waals surface area contributed by atoms with Crippen LogP contribution in [-0.4, -0.2) is 35.2 Å². The Morgan fingerprint density at radius 2 is 2.00 bits per heavy atom. The number of methoxy groups -OCH3 is 1. The third kappa shape index (κ3) is 4.08. The van der Waals surface area contributed by atoms with Crippen LogP contribution in [0.3, 0.4) is 0 Å². The summed E-state index contributed by atoms with van der Waals surface area (Å²) in [5, 5.41) is 15.4. The molecule has 7 nitrogen and oxygen atoms in total. The molecule has 0 aliphatic carbocycles. The van der Waals surface area contributed by atoms with Crippen LogP contribution in [-0.2, 0) is 9.59 Å². The number of hydrogen-bond acceptors (Lipinski definition) is 5. The number of Topliss-reactive ketones (excluding diaryl/α,β-unsaturated/α-hetero) is 1. The van der Waals surface area contributed by atoms with Crippen molar-refractivity contribution in [2.45, 2.75) is 32.9 Å². The van der Waals surface area contributed by atoms with E-state index < -0.39 is 18.1 Å². The number of benzene rings is 1. The number of thiocarbonyl (C=S) groups is 1. The number of nitrogens with one attached hydrogen (secondary N) is 2. The molecule has 2 atom stereocenters. The van der Waals surface area contributed by atoms with E-state index in [0.29, 0.717) is 27.9 Å². The number of carbonyl (C=O) groups is 2. The summed E-state index contributed by atoms with van der Waals surface area (Å²) in [5.41, 5.74) is 2.02. The molecule has 25 heavy (non-hydrogen) atoms. The highest BCUT2D eigenvalue weighted by Crippen LogP contribution is 2.34.